The summed E-state index contributed by atoms with van der Waals surface area (Å²) in [7, 11) is 0. The monoisotopic (exact) mass is 779 g/mol. The number of Topliss-reactive ketones (excluding diaryl/α,β-unsaturated/α-hetero) is 1. The lowest BCUT2D eigenvalue weighted by molar-refractivity contribution is 0.00758. The second-order valence-electron chi connectivity index (χ2n) is 17.3. The van der Waals surface area contributed by atoms with Crippen molar-refractivity contribution in [1.29, 1.82) is 0 Å². The standard InChI is InChI=1S/C54H86N2O/c1-4-6-8-10-12-14-15-16-17-18-19-20-21-22-23-24-25-26-27-29-30-32-34-37-49-38-36-39-52(46-49)53(45-48(3)47-56-55)50-41-43-51(44-42-50)54(57)40-35-33-31-28-13-11-9-7-5-2/h36,38-39,41-46H,4-35,37,40H2,1-3H3. The molecule has 2 rings (SSSR count). The molecule has 0 unspecified atom stereocenters. The van der Waals surface area contributed by atoms with Crippen LogP contribution >= 0.6 is 0 Å². The number of ketones is 1. The number of carbonyl (C=O) groups is 1. The SMILES string of the molecule is CCCCCCCCCCCCCCCCCCCCCCCCCc1cccc(C(=CC(C)=C=[N+]=[N-])c2ccc(C(=O)CCCCCCCCCCC)cc2)c1. The van der Waals surface area contributed by atoms with E-state index in [2.05, 4.69) is 60.9 Å². The van der Waals surface area contributed by atoms with Gasteiger partial charge in [-0.25, -0.2) is 0 Å². The number of rotatable bonds is 38. The zero-order valence-electron chi connectivity index (χ0n) is 37.5. The molecule has 0 heterocycles. The van der Waals surface area contributed by atoms with E-state index < -0.39 is 0 Å². The quantitative estimate of drug-likeness (QED) is 0.0167. The highest BCUT2D eigenvalue weighted by Gasteiger charge is 2.11. The highest BCUT2D eigenvalue weighted by molar-refractivity contribution is 5.96. The third-order valence-corrected chi connectivity index (χ3v) is 11.9. The Hall–Kier alpha value is -2.99. The van der Waals surface area contributed by atoms with E-state index in [1.807, 2.05) is 25.1 Å². The third-order valence-electron chi connectivity index (χ3n) is 11.9. The predicted octanol–water partition coefficient (Wildman–Crippen LogP) is 17.6. The summed E-state index contributed by atoms with van der Waals surface area (Å²) >= 11 is 0. The fourth-order valence-electron chi connectivity index (χ4n) is 8.25. The van der Waals surface area contributed by atoms with Crippen LogP contribution < -0.4 is 0 Å². The van der Waals surface area contributed by atoms with Crippen molar-refractivity contribution in [2.24, 2.45) is 0 Å². The Kier molecular flexibility index (Phi) is 31.8. The first-order chi connectivity index (χ1) is 28.1. The van der Waals surface area contributed by atoms with Gasteiger partial charge in [0, 0.05) is 12.0 Å². The largest absolute Gasteiger partial charge is 0.348 e. The summed E-state index contributed by atoms with van der Waals surface area (Å²) in [5.41, 5.74) is 15.2. The van der Waals surface area contributed by atoms with Crippen molar-refractivity contribution >= 4 is 17.2 Å². The minimum absolute atomic E-state index is 0.232. The van der Waals surface area contributed by atoms with Gasteiger partial charge in [0.05, 0.1) is 5.57 Å². The molecule has 0 amide bonds. The molecule has 0 saturated heterocycles. The van der Waals surface area contributed by atoms with E-state index in [-0.39, 0.29) is 5.78 Å². The number of nitrogens with zero attached hydrogens (tertiary/aromatic N) is 2. The third kappa shape index (κ3) is 26.6. The van der Waals surface area contributed by atoms with Gasteiger partial charge in [-0.3, -0.25) is 4.79 Å². The van der Waals surface area contributed by atoms with Crippen molar-refractivity contribution in [2.45, 2.75) is 239 Å². The number of hydrogen-bond acceptors (Lipinski definition) is 1. The molecular weight excluding hydrogens is 693 g/mol. The van der Waals surface area contributed by atoms with E-state index in [9.17, 15) is 4.79 Å². The molecule has 0 saturated carbocycles. The van der Waals surface area contributed by atoms with Crippen molar-refractivity contribution in [1.82, 2.24) is 0 Å². The van der Waals surface area contributed by atoms with E-state index in [1.165, 1.54) is 198 Å². The van der Waals surface area contributed by atoms with Crippen LogP contribution in [0.4, 0.5) is 0 Å². The van der Waals surface area contributed by atoms with E-state index in [1.54, 1.807) is 0 Å². The van der Waals surface area contributed by atoms with Crippen LogP contribution in [0.1, 0.15) is 260 Å². The summed E-state index contributed by atoms with van der Waals surface area (Å²) in [5.74, 6) is 2.90. The molecule has 0 radical (unpaired) electrons. The highest BCUT2D eigenvalue weighted by Crippen LogP contribution is 2.27. The second kappa shape index (κ2) is 36.1. The van der Waals surface area contributed by atoms with Gasteiger partial charge in [-0.05, 0) is 54.5 Å². The fraction of sp³-hybridized carbons (Fsp3) is 0.685. The maximum atomic E-state index is 13.0. The maximum absolute atomic E-state index is 13.0. The smallest absolute Gasteiger partial charge is 0.302 e. The summed E-state index contributed by atoms with van der Waals surface area (Å²) in [5, 5.41) is 0. The van der Waals surface area contributed by atoms with Gasteiger partial charge in [0.1, 0.15) is 0 Å². The van der Waals surface area contributed by atoms with Crippen LogP contribution in [0.5, 0.6) is 0 Å². The van der Waals surface area contributed by atoms with Crippen molar-refractivity contribution in [3.63, 3.8) is 0 Å². The molecule has 318 valence electrons. The Labute approximate surface area is 352 Å². The molecule has 0 fully saturated rings. The second-order valence-corrected chi connectivity index (χ2v) is 17.3. The zero-order chi connectivity index (χ0) is 40.9. The molecule has 0 bridgehead atoms. The minimum Gasteiger partial charge on any atom is -0.348 e. The summed E-state index contributed by atoms with van der Waals surface area (Å²) in [4.78, 5) is 16.1. The Morgan fingerprint density at radius 3 is 1.32 bits per heavy atom. The molecule has 0 atom stereocenters. The van der Waals surface area contributed by atoms with Crippen LogP contribution in [-0.4, -0.2) is 16.4 Å². The first kappa shape index (κ1) is 50.2. The van der Waals surface area contributed by atoms with E-state index in [4.69, 9.17) is 5.53 Å². The first-order valence-corrected chi connectivity index (χ1v) is 24.5. The van der Waals surface area contributed by atoms with E-state index >= 15 is 0 Å². The van der Waals surface area contributed by atoms with Crippen molar-refractivity contribution in [3.05, 3.63) is 88.0 Å². The molecule has 0 aliphatic heterocycles. The average Bonchev–Trinajstić information content (AvgIpc) is 3.22. The van der Waals surface area contributed by atoms with Crippen LogP contribution in [-0.2, 0) is 6.42 Å². The van der Waals surface area contributed by atoms with Crippen molar-refractivity contribution in [3.8, 4) is 0 Å². The van der Waals surface area contributed by atoms with Gasteiger partial charge in [-0.1, -0.05) is 255 Å². The van der Waals surface area contributed by atoms with Gasteiger partial charge in [0.15, 0.2) is 5.78 Å². The maximum Gasteiger partial charge on any atom is 0.302 e. The molecule has 0 spiro atoms. The van der Waals surface area contributed by atoms with Crippen molar-refractivity contribution in [2.75, 3.05) is 0 Å². The summed E-state index contributed by atoms with van der Waals surface area (Å²) in [6.07, 6.45) is 47.5. The van der Waals surface area contributed by atoms with E-state index in [0.29, 0.717) is 6.42 Å². The Balaban J connectivity index is 1.62. The van der Waals surface area contributed by atoms with Gasteiger partial charge in [-0.15, -0.1) is 4.79 Å². The minimum atomic E-state index is 0.232. The number of unbranched alkanes of at least 4 members (excludes halogenated alkanes) is 30. The van der Waals surface area contributed by atoms with Gasteiger partial charge >= 0.3 is 5.87 Å². The topological polar surface area (TPSA) is 53.5 Å². The Bertz CT molecular complexity index is 1390. The molecule has 0 N–H and O–H groups in total. The molecule has 3 nitrogen and oxygen atoms in total. The van der Waals surface area contributed by atoms with Crippen LogP contribution in [0, 0.1) is 0 Å². The van der Waals surface area contributed by atoms with E-state index in [0.717, 1.165) is 47.1 Å². The average molecular weight is 779 g/mol. The van der Waals surface area contributed by atoms with Gasteiger partial charge < -0.3 is 5.53 Å². The van der Waals surface area contributed by atoms with Gasteiger partial charge in [-0.2, -0.15) is 0 Å². The first-order valence-electron chi connectivity index (χ1n) is 24.5. The number of allylic oxidation sites excluding steroid dienone is 2. The molecule has 57 heavy (non-hydrogen) atoms. The highest BCUT2D eigenvalue weighted by atomic mass is 16.1. The summed E-state index contributed by atoms with van der Waals surface area (Å²) < 4.78 is 0. The number of benzene rings is 2. The summed E-state index contributed by atoms with van der Waals surface area (Å²) in [6, 6.07) is 16.9. The normalized spacial score (nSPS) is 11.5. The summed E-state index contributed by atoms with van der Waals surface area (Å²) in [6.45, 7) is 6.46. The predicted molar refractivity (Wildman–Crippen MR) is 250 cm³/mol. The molecular formula is C54H86N2O. The number of carbonyl (C=O) groups excluding carboxylic acids is 1. The van der Waals surface area contributed by atoms with Crippen LogP contribution in [0.15, 0.2) is 60.2 Å². The molecule has 0 aliphatic carbocycles. The molecule has 2 aromatic rings. The number of aryl methyl sites for hydroxylation is 1. The lowest BCUT2D eigenvalue weighted by Gasteiger charge is -2.12. The van der Waals surface area contributed by atoms with Gasteiger partial charge in [0.25, 0.3) is 0 Å². The van der Waals surface area contributed by atoms with Crippen LogP contribution in [0.25, 0.3) is 11.1 Å². The fourth-order valence-corrected chi connectivity index (χ4v) is 8.25. The zero-order valence-corrected chi connectivity index (χ0v) is 37.5. The molecule has 0 aliphatic rings. The van der Waals surface area contributed by atoms with Gasteiger partial charge in [0.2, 0.25) is 0 Å². The van der Waals surface area contributed by atoms with Crippen LogP contribution in [0.3, 0.4) is 0 Å². The van der Waals surface area contributed by atoms with Crippen molar-refractivity contribution < 1.29 is 9.58 Å². The number of hydrogen-bond donors (Lipinski definition) is 0. The Morgan fingerprint density at radius 1 is 0.509 bits per heavy atom. The Morgan fingerprint density at radius 2 is 0.895 bits per heavy atom. The molecule has 2 aromatic carbocycles. The molecule has 3 heteroatoms. The lowest BCUT2D eigenvalue weighted by Crippen LogP contribution is -2.00. The molecule has 0 aromatic heterocycles. The lowest BCUT2D eigenvalue weighted by atomic mass is 9.92. The van der Waals surface area contributed by atoms with Crippen LogP contribution in [0.2, 0.25) is 0 Å².